The summed E-state index contributed by atoms with van der Waals surface area (Å²) in [6, 6.07) is 42.5. The Morgan fingerprint density at radius 2 is 1.35 bits per heavy atom. The highest BCUT2D eigenvalue weighted by molar-refractivity contribution is 5.62. The van der Waals surface area contributed by atoms with Crippen LogP contribution in [0.15, 0.2) is 127 Å². The summed E-state index contributed by atoms with van der Waals surface area (Å²) in [5.41, 5.74) is 4.76. The summed E-state index contributed by atoms with van der Waals surface area (Å²) < 4.78 is 13.6. The van der Waals surface area contributed by atoms with E-state index in [2.05, 4.69) is 41.7 Å². The van der Waals surface area contributed by atoms with Crippen molar-refractivity contribution in [2.45, 2.75) is 31.6 Å². The van der Waals surface area contributed by atoms with E-state index >= 15 is 0 Å². The van der Waals surface area contributed by atoms with Gasteiger partial charge in [0.15, 0.2) is 0 Å². The molecule has 2 aromatic heterocycles. The van der Waals surface area contributed by atoms with Crippen LogP contribution in [-0.2, 0) is 18.6 Å². The molecule has 7 heteroatoms. The van der Waals surface area contributed by atoms with Crippen molar-refractivity contribution >= 4 is 11.5 Å². The first-order valence-electron chi connectivity index (χ1n) is 14.3. The average molecular weight is 571 g/mol. The van der Waals surface area contributed by atoms with Crippen LogP contribution in [0.5, 0.6) is 11.6 Å². The predicted octanol–water partition coefficient (Wildman–Crippen LogP) is 6.64. The normalized spacial score (nSPS) is 12.2. The Bertz CT molecular complexity index is 1730. The molecule has 0 aliphatic rings. The summed E-state index contributed by atoms with van der Waals surface area (Å²) in [6.07, 6.45) is -0.103. The van der Waals surface area contributed by atoms with Crippen molar-refractivity contribution in [1.82, 2.24) is 14.6 Å². The molecular formula is C36H34N4O3. The molecular weight excluding hydrogens is 536 g/mol. The Labute approximate surface area is 251 Å². The van der Waals surface area contributed by atoms with Crippen LogP contribution >= 0.6 is 0 Å². The summed E-state index contributed by atoms with van der Waals surface area (Å²) in [5.74, 6) is 1.59. The Morgan fingerprint density at radius 3 is 1.93 bits per heavy atom. The molecule has 6 rings (SSSR count). The Kier molecular flexibility index (Phi) is 8.07. The molecule has 0 radical (unpaired) electrons. The second-order valence-electron chi connectivity index (χ2n) is 10.5. The van der Waals surface area contributed by atoms with E-state index in [1.165, 1.54) is 0 Å². The maximum atomic E-state index is 10.2. The fourth-order valence-electron chi connectivity index (χ4n) is 5.47. The lowest BCUT2D eigenvalue weighted by molar-refractivity contribution is 0.193. The third kappa shape index (κ3) is 5.80. The molecule has 43 heavy (non-hydrogen) atoms. The first-order chi connectivity index (χ1) is 21.1. The molecule has 0 fully saturated rings. The average Bonchev–Trinajstić information content (AvgIpc) is 3.45. The number of fused-ring (bicyclic) bond motifs is 1. The van der Waals surface area contributed by atoms with Gasteiger partial charge in [-0.15, -0.1) is 5.10 Å². The van der Waals surface area contributed by atoms with Crippen LogP contribution in [0.25, 0.3) is 5.52 Å². The Morgan fingerprint density at radius 1 is 0.767 bits per heavy atom. The number of aliphatic hydroxyl groups excluding tert-OH is 1. The van der Waals surface area contributed by atoms with Crippen molar-refractivity contribution in [3.05, 3.63) is 155 Å². The van der Waals surface area contributed by atoms with Crippen LogP contribution < -0.4 is 14.8 Å². The van der Waals surface area contributed by atoms with Gasteiger partial charge >= 0.3 is 0 Å². The summed E-state index contributed by atoms with van der Waals surface area (Å²) in [5, 5.41) is 19.0. The smallest absolute Gasteiger partial charge is 0.245 e. The van der Waals surface area contributed by atoms with Crippen LogP contribution in [0.3, 0.4) is 0 Å². The minimum atomic E-state index is -0.864. The van der Waals surface area contributed by atoms with Gasteiger partial charge in [-0.3, -0.25) is 0 Å². The lowest BCUT2D eigenvalue weighted by Crippen LogP contribution is -2.39. The highest BCUT2D eigenvalue weighted by Crippen LogP contribution is 2.40. The minimum absolute atomic E-state index is 0.352. The minimum Gasteiger partial charge on any atom is -0.497 e. The quantitative estimate of drug-likeness (QED) is 0.170. The highest BCUT2D eigenvalue weighted by atomic mass is 16.5. The van der Waals surface area contributed by atoms with Crippen LogP contribution in [-0.4, -0.2) is 32.9 Å². The first kappa shape index (κ1) is 28.0. The van der Waals surface area contributed by atoms with Gasteiger partial charge in [0.25, 0.3) is 0 Å². The van der Waals surface area contributed by atoms with Gasteiger partial charge in [0.05, 0.1) is 13.2 Å². The predicted molar refractivity (Wildman–Crippen MR) is 169 cm³/mol. The molecule has 4 aromatic carbocycles. The van der Waals surface area contributed by atoms with Gasteiger partial charge < -0.3 is 19.9 Å². The van der Waals surface area contributed by atoms with Gasteiger partial charge in [-0.05, 0) is 53.4 Å². The molecule has 2 N–H and O–H groups in total. The monoisotopic (exact) mass is 570 g/mol. The lowest BCUT2D eigenvalue weighted by atomic mass is 9.77. The highest BCUT2D eigenvalue weighted by Gasteiger charge is 2.37. The molecule has 0 amide bonds. The molecule has 2 heterocycles. The van der Waals surface area contributed by atoms with Crippen molar-refractivity contribution < 1.29 is 14.6 Å². The number of methoxy groups -OCH3 is 1. The molecule has 1 atom stereocenters. The first-order valence-corrected chi connectivity index (χ1v) is 14.3. The number of rotatable bonds is 11. The molecule has 0 saturated carbocycles. The standard InChI is InChI=1S/C36H34N4O3/c1-26(41)24-31-20-23-33-34(43-25-27-12-6-3-7-13-27)37-35(39-40(31)33)38-36(28-14-8-4-9-15-28,29-16-10-5-11-17-29)30-18-21-32(42-2)22-19-30/h3-23,26,41H,24-25H2,1-2H3,(H,38,39). The molecule has 0 bridgehead atoms. The van der Waals surface area contributed by atoms with Crippen LogP contribution in [0.2, 0.25) is 0 Å². The number of nitrogens with one attached hydrogen (secondary N) is 1. The van der Waals surface area contributed by atoms with Crippen LogP contribution in [0.4, 0.5) is 5.95 Å². The molecule has 0 aliphatic heterocycles. The number of ether oxygens (including phenoxy) is 2. The molecule has 6 aromatic rings. The van der Waals surface area contributed by atoms with E-state index in [9.17, 15) is 5.11 Å². The largest absolute Gasteiger partial charge is 0.497 e. The van der Waals surface area contributed by atoms with Gasteiger partial charge in [0, 0.05) is 12.1 Å². The van der Waals surface area contributed by atoms with E-state index in [0.29, 0.717) is 24.9 Å². The van der Waals surface area contributed by atoms with Gasteiger partial charge in [-0.2, -0.15) is 4.98 Å². The van der Waals surface area contributed by atoms with Crippen molar-refractivity contribution in [3.63, 3.8) is 0 Å². The number of anilines is 1. The number of hydrogen-bond donors (Lipinski definition) is 2. The van der Waals surface area contributed by atoms with Gasteiger partial charge in [0.1, 0.15) is 23.4 Å². The van der Waals surface area contributed by atoms with E-state index < -0.39 is 11.6 Å². The number of hydrogen-bond acceptors (Lipinski definition) is 6. The molecule has 7 nitrogen and oxygen atoms in total. The zero-order valence-corrected chi connectivity index (χ0v) is 24.2. The SMILES string of the molecule is COc1ccc(C(Nc2nc(OCc3ccccc3)c3ccc(CC(C)O)n3n2)(c2ccccc2)c2ccccc2)cc1. The summed E-state index contributed by atoms with van der Waals surface area (Å²) in [6.45, 7) is 2.12. The van der Waals surface area contributed by atoms with Gasteiger partial charge in [0.2, 0.25) is 11.8 Å². The fraction of sp³-hybridized carbons (Fsp3) is 0.167. The van der Waals surface area contributed by atoms with Crippen LogP contribution in [0.1, 0.15) is 34.9 Å². The zero-order valence-electron chi connectivity index (χ0n) is 24.2. The number of nitrogens with zero attached hydrogens (tertiary/aromatic N) is 3. The maximum Gasteiger partial charge on any atom is 0.245 e. The van der Waals surface area contributed by atoms with Crippen molar-refractivity contribution in [2.24, 2.45) is 0 Å². The second kappa shape index (κ2) is 12.4. The topological polar surface area (TPSA) is 80.9 Å². The Balaban J connectivity index is 1.54. The van der Waals surface area contributed by atoms with Crippen molar-refractivity contribution in [2.75, 3.05) is 12.4 Å². The molecule has 1 unspecified atom stereocenters. The van der Waals surface area contributed by atoms with Gasteiger partial charge in [-0.25, -0.2) is 4.52 Å². The van der Waals surface area contributed by atoms with E-state index in [-0.39, 0.29) is 0 Å². The third-order valence-corrected chi connectivity index (χ3v) is 7.51. The van der Waals surface area contributed by atoms with Gasteiger partial charge in [-0.1, -0.05) is 103 Å². The number of aromatic nitrogens is 3. The fourth-order valence-corrected chi connectivity index (χ4v) is 5.47. The van der Waals surface area contributed by atoms with E-state index in [4.69, 9.17) is 19.6 Å². The van der Waals surface area contributed by atoms with E-state index in [0.717, 1.165) is 39.2 Å². The van der Waals surface area contributed by atoms with E-state index in [1.54, 1.807) is 14.0 Å². The second-order valence-corrected chi connectivity index (χ2v) is 10.5. The summed E-state index contributed by atoms with van der Waals surface area (Å²) >= 11 is 0. The zero-order chi connectivity index (χ0) is 29.6. The summed E-state index contributed by atoms with van der Waals surface area (Å²) in [7, 11) is 1.66. The van der Waals surface area contributed by atoms with Crippen LogP contribution in [0, 0.1) is 0 Å². The molecule has 216 valence electrons. The Hall–Kier alpha value is -5.14. The molecule has 0 saturated heterocycles. The molecule has 0 aliphatic carbocycles. The maximum absolute atomic E-state index is 10.2. The molecule has 0 spiro atoms. The van der Waals surface area contributed by atoms with E-state index in [1.807, 2.05) is 95.5 Å². The number of benzene rings is 4. The number of aliphatic hydroxyl groups is 1. The summed E-state index contributed by atoms with van der Waals surface area (Å²) in [4.78, 5) is 4.95. The third-order valence-electron chi connectivity index (χ3n) is 7.51. The van der Waals surface area contributed by atoms with Crippen molar-refractivity contribution in [1.29, 1.82) is 0 Å². The lowest BCUT2D eigenvalue weighted by Gasteiger charge is -2.37. The van der Waals surface area contributed by atoms with Crippen molar-refractivity contribution in [3.8, 4) is 11.6 Å².